The first kappa shape index (κ1) is 16.2. The van der Waals surface area contributed by atoms with E-state index >= 15 is 0 Å². The Labute approximate surface area is 158 Å². The summed E-state index contributed by atoms with van der Waals surface area (Å²) < 4.78 is 0. The van der Waals surface area contributed by atoms with Gasteiger partial charge in [-0.1, -0.05) is 48.5 Å². The van der Waals surface area contributed by atoms with E-state index in [4.69, 9.17) is 0 Å². The molecule has 1 aliphatic heterocycles. The first-order chi connectivity index (χ1) is 13.3. The maximum absolute atomic E-state index is 12.7. The number of carbonyl (C=O) groups excluding carboxylic acids is 1. The minimum absolute atomic E-state index is 0.0472. The Bertz CT molecular complexity index is 1030. The monoisotopic (exact) mass is 357 g/mol. The van der Waals surface area contributed by atoms with E-state index in [1.54, 1.807) is 0 Å². The summed E-state index contributed by atoms with van der Waals surface area (Å²) in [4.78, 5) is 18.0. The van der Waals surface area contributed by atoms with Crippen molar-refractivity contribution in [1.29, 1.82) is 0 Å². The van der Waals surface area contributed by atoms with Crippen LogP contribution in [0.4, 0.5) is 4.79 Å². The molecule has 1 aromatic heterocycles. The standard InChI is InChI=1S/C23H23N3O/c27-23(25-22-10-9-16-5-1-2-6-18(16)22)26-13-11-17(12-14-26)20-15-24-21-8-4-3-7-19(20)21/h1-8,11,15,22,24H,9-10,12-14H2,(H,25,27)/t22-/m0/s1. The number of carbonyl (C=O) groups is 1. The third-order valence-electron chi connectivity index (χ3n) is 5.86. The molecule has 27 heavy (non-hydrogen) atoms. The number of nitrogens with one attached hydrogen (secondary N) is 2. The summed E-state index contributed by atoms with van der Waals surface area (Å²) >= 11 is 0. The summed E-state index contributed by atoms with van der Waals surface area (Å²) in [6.45, 7) is 1.42. The number of aromatic amines is 1. The van der Waals surface area contributed by atoms with E-state index in [0.717, 1.165) is 31.3 Å². The maximum Gasteiger partial charge on any atom is 0.318 e. The summed E-state index contributed by atoms with van der Waals surface area (Å²) in [5.41, 5.74) is 6.38. The average molecular weight is 357 g/mol. The number of rotatable bonds is 2. The van der Waals surface area contributed by atoms with Crippen molar-refractivity contribution in [2.45, 2.75) is 25.3 Å². The van der Waals surface area contributed by atoms with E-state index in [1.807, 2.05) is 11.0 Å². The largest absolute Gasteiger partial charge is 0.361 e. The molecule has 4 nitrogen and oxygen atoms in total. The number of amides is 2. The van der Waals surface area contributed by atoms with Crippen LogP contribution in [0.2, 0.25) is 0 Å². The topological polar surface area (TPSA) is 48.1 Å². The van der Waals surface area contributed by atoms with E-state index in [9.17, 15) is 4.79 Å². The van der Waals surface area contributed by atoms with E-state index in [1.165, 1.54) is 27.6 Å². The second-order valence-electron chi connectivity index (χ2n) is 7.41. The van der Waals surface area contributed by atoms with Gasteiger partial charge in [0.2, 0.25) is 0 Å². The molecule has 0 saturated heterocycles. The zero-order chi connectivity index (χ0) is 18.2. The van der Waals surface area contributed by atoms with Gasteiger partial charge in [-0.3, -0.25) is 0 Å². The third-order valence-corrected chi connectivity index (χ3v) is 5.86. The Kier molecular flexibility index (Phi) is 3.97. The van der Waals surface area contributed by atoms with Crippen LogP contribution in [0, 0.1) is 0 Å². The molecule has 0 radical (unpaired) electrons. The number of H-pyrrole nitrogens is 1. The highest BCUT2D eigenvalue weighted by atomic mass is 16.2. The van der Waals surface area contributed by atoms with Crippen LogP contribution in [0.5, 0.6) is 0 Å². The average Bonchev–Trinajstić information content (AvgIpc) is 3.33. The lowest BCUT2D eigenvalue weighted by Gasteiger charge is -2.28. The number of aryl methyl sites for hydroxylation is 1. The quantitative estimate of drug-likeness (QED) is 0.689. The van der Waals surface area contributed by atoms with E-state index in [2.05, 4.69) is 65.0 Å². The van der Waals surface area contributed by atoms with Gasteiger partial charge < -0.3 is 15.2 Å². The number of para-hydroxylation sites is 1. The molecule has 1 atom stereocenters. The summed E-state index contributed by atoms with van der Waals surface area (Å²) in [5.74, 6) is 0. The highest BCUT2D eigenvalue weighted by molar-refractivity contribution is 5.93. The molecular formula is C23H23N3O. The maximum atomic E-state index is 12.7. The first-order valence-electron chi connectivity index (χ1n) is 9.68. The van der Waals surface area contributed by atoms with Gasteiger partial charge in [0.05, 0.1) is 6.04 Å². The van der Waals surface area contributed by atoms with E-state index in [0.29, 0.717) is 6.54 Å². The van der Waals surface area contributed by atoms with E-state index in [-0.39, 0.29) is 12.1 Å². The highest BCUT2D eigenvalue weighted by Crippen LogP contribution is 2.32. The highest BCUT2D eigenvalue weighted by Gasteiger charge is 2.26. The molecule has 1 aliphatic carbocycles. The molecule has 0 saturated carbocycles. The summed E-state index contributed by atoms with van der Waals surface area (Å²) in [7, 11) is 0. The fourth-order valence-electron chi connectivity index (χ4n) is 4.38. The summed E-state index contributed by atoms with van der Waals surface area (Å²) in [5, 5.41) is 4.49. The van der Waals surface area contributed by atoms with Crippen molar-refractivity contribution in [3.05, 3.63) is 77.5 Å². The molecule has 4 heteroatoms. The lowest BCUT2D eigenvalue weighted by Crippen LogP contribution is -2.43. The number of nitrogens with zero attached hydrogens (tertiary/aromatic N) is 1. The molecule has 2 amide bonds. The number of hydrogen-bond donors (Lipinski definition) is 2. The number of fused-ring (bicyclic) bond motifs is 2. The zero-order valence-corrected chi connectivity index (χ0v) is 15.2. The van der Waals surface area contributed by atoms with Crippen LogP contribution < -0.4 is 5.32 Å². The molecule has 3 aromatic rings. The van der Waals surface area contributed by atoms with Gasteiger partial charge in [0.1, 0.15) is 0 Å². The van der Waals surface area contributed by atoms with Crippen molar-refractivity contribution < 1.29 is 4.79 Å². The van der Waals surface area contributed by atoms with Crippen molar-refractivity contribution in [3.63, 3.8) is 0 Å². The normalized spacial score (nSPS) is 19.0. The fraction of sp³-hybridized carbons (Fsp3) is 0.261. The first-order valence-corrected chi connectivity index (χ1v) is 9.68. The summed E-state index contributed by atoms with van der Waals surface area (Å²) in [6.07, 6.45) is 7.21. The van der Waals surface area contributed by atoms with Gasteiger partial charge in [0.25, 0.3) is 0 Å². The Morgan fingerprint density at radius 3 is 2.81 bits per heavy atom. The Balaban J connectivity index is 1.28. The van der Waals surface area contributed by atoms with Crippen LogP contribution in [0.25, 0.3) is 16.5 Å². The molecule has 0 fully saturated rings. The van der Waals surface area contributed by atoms with Crippen LogP contribution in [-0.2, 0) is 6.42 Å². The summed E-state index contributed by atoms with van der Waals surface area (Å²) in [6, 6.07) is 17.0. The number of hydrogen-bond acceptors (Lipinski definition) is 1. The van der Waals surface area contributed by atoms with Crippen LogP contribution in [0.3, 0.4) is 0 Å². The Morgan fingerprint density at radius 1 is 1.07 bits per heavy atom. The molecular weight excluding hydrogens is 334 g/mol. The van der Waals surface area contributed by atoms with Crippen molar-refractivity contribution in [2.75, 3.05) is 13.1 Å². The van der Waals surface area contributed by atoms with Gasteiger partial charge in [-0.15, -0.1) is 0 Å². The molecule has 5 rings (SSSR count). The SMILES string of the molecule is O=C(N[C@H]1CCc2ccccc21)N1CC=C(c2c[nH]c3ccccc23)CC1. The smallest absolute Gasteiger partial charge is 0.318 e. The van der Waals surface area contributed by atoms with Gasteiger partial charge in [-0.05, 0) is 42.0 Å². The second-order valence-corrected chi connectivity index (χ2v) is 7.41. The predicted molar refractivity (Wildman–Crippen MR) is 109 cm³/mol. The molecule has 2 aliphatic rings. The Morgan fingerprint density at radius 2 is 1.93 bits per heavy atom. The molecule has 136 valence electrons. The third kappa shape index (κ3) is 2.91. The minimum atomic E-state index is 0.0472. The lowest BCUT2D eigenvalue weighted by molar-refractivity contribution is 0.199. The van der Waals surface area contributed by atoms with E-state index < -0.39 is 0 Å². The van der Waals surface area contributed by atoms with Crippen molar-refractivity contribution in [3.8, 4) is 0 Å². The van der Waals surface area contributed by atoms with Gasteiger partial charge in [-0.25, -0.2) is 4.79 Å². The van der Waals surface area contributed by atoms with Gasteiger partial charge in [0.15, 0.2) is 0 Å². The van der Waals surface area contributed by atoms with Crippen LogP contribution >= 0.6 is 0 Å². The van der Waals surface area contributed by atoms with Crippen molar-refractivity contribution in [1.82, 2.24) is 15.2 Å². The van der Waals surface area contributed by atoms with Crippen LogP contribution in [-0.4, -0.2) is 29.0 Å². The minimum Gasteiger partial charge on any atom is -0.361 e. The van der Waals surface area contributed by atoms with Crippen molar-refractivity contribution in [2.24, 2.45) is 0 Å². The zero-order valence-electron chi connectivity index (χ0n) is 15.2. The van der Waals surface area contributed by atoms with Gasteiger partial charge in [-0.2, -0.15) is 0 Å². The number of benzene rings is 2. The fourth-order valence-corrected chi connectivity index (χ4v) is 4.38. The molecule has 2 aromatic carbocycles. The number of urea groups is 1. The second kappa shape index (κ2) is 6.62. The van der Waals surface area contributed by atoms with Gasteiger partial charge in [0, 0.05) is 35.8 Å². The predicted octanol–water partition coefficient (Wildman–Crippen LogP) is 4.65. The van der Waals surface area contributed by atoms with Crippen LogP contribution in [0.1, 0.15) is 35.6 Å². The Hall–Kier alpha value is -3.01. The molecule has 0 bridgehead atoms. The molecule has 2 heterocycles. The van der Waals surface area contributed by atoms with Crippen molar-refractivity contribution >= 4 is 22.5 Å². The molecule has 0 unspecified atom stereocenters. The molecule has 2 N–H and O–H groups in total. The molecule has 0 spiro atoms. The van der Waals surface area contributed by atoms with Gasteiger partial charge >= 0.3 is 6.03 Å². The van der Waals surface area contributed by atoms with Crippen LogP contribution in [0.15, 0.2) is 60.8 Å². The lowest BCUT2D eigenvalue weighted by atomic mass is 9.99. The number of aromatic nitrogens is 1.